The van der Waals surface area contributed by atoms with Crippen molar-refractivity contribution < 1.29 is 34.2 Å². The van der Waals surface area contributed by atoms with Crippen molar-refractivity contribution in [3.63, 3.8) is 0 Å². The molecular formula is C30H55NO6. The second-order valence-corrected chi connectivity index (χ2v) is 11.2. The fourth-order valence-electron chi connectivity index (χ4n) is 5.23. The number of carboxylic acid groups (broad SMARTS) is 3. The van der Waals surface area contributed by atoms with Crippen LogP contribution in [-0.4, -0.2) is 58.8 Å². The van der Waals surface area contributed by atoms with Crippen molar-refractivity contribution in [1.82, 2.24) is 0 Å². The zero-order chi connectivity index (χ0) is 28.1. The predicted molar refractivity (Wildman–Crippen MR) is 147 cm³/mol. The number of carboxylic acids is 3. The molecule has 216 valence electrons. The third-order valence-electron chi connectivity index (χ3n) is 7.38. The largest absolute Gasteiger partial charge is 0.550 e. The normalized spacial score (nSPS) is 15.8. The number of unbranched alkanes of at least 4 members (excludes halogenated alkanes) is 12. The lowest BCUT2D eigenvalue weighted by atomic mass is 10.00. The van der Waals surface area contributed by atoms with E-state index < -0.39 is 35.7 Å². The highest BCUT2D eigenvalue weighted by atomic mass is 16.4. The molecule has 2 N–H and O–H groups in total. The minimum absolute atomic E-state index is 0.185. The maximum Gasteiger partial charge on any atom is 0.311 e. The molecule has 0 saturated heterocycles. The first-order chi connectivity index (χ1) is 17.5. The zero-order valence-corrected chi connectivity index (χ0v) is 24.1. The van der Waals surface area contributed by atoms with Crippen molar-refractivity contribution in [3.05, 3.63) is 12.2 Å². The number of carbonyl (C=O) groups is 3. The van der Waals surface area contributed by atoms with E-state index in [1.807, 2.05) is 0 Å². The van der Waals surface area contributed by atoms with Crippen LogP contribution in [0.15, 0.2) is 12.2 Å². The summed E-state index contributed by atoms with van der Waals surface area (Å²) in [6.45, 7) is 8.16. The fourth-order valence-corrected chi connectivity index (χ4v) is 5.23. The molecule has 37 heavy (non-hydrogen) atoms. The van der Waals surface area contributed by atoms with Crippen LogP contribution in [0.25, 0.3) is 0 Å². The molecule has 0 heterocycles. The molecule has 0 aromatic heterocycles. The third-order valence-corrected chi connectivity index (χ3v) is 7.38. The molecule has 0 spiro atoms. The van der Waals surface area contributed by atoms with Gasteiger partial charge in [0.25, 0.3) is 0 Å². The highest BCUT2D eigenvalue weighted by Crippen LogP contribution is 2.22. The van der Waals surface area contributed by atoms with E-state index in [2.05, 4.69) is 19.1 Å². The molecule has 0 rings (SSSR count). The maximum absolute atomic E-state index is 11.6. The summed E-state index contributed by atoms with van der Waals surface area (Å²) in [5.74, 6) is -5.23. The lowest BCUT2D eigenvalue weighted by molar-refractivity contribution is -0.934. The number of aliphatic carboxylic acids is 3. The van der Waals surface area contributed by atoms with Crippen molar-refractivity contribution in [2.75, 3.05) is 26.2 Å². The van der Waals surface area contributed by atoms with Gasteiger partial charge in [-0.05, 0) is 46.0 Å². The minimum atomic E-state index is -1.18. The van der Waals surface area contributed by atoms with Gasteiger partial charge in [0.15, 0.2) is 0 Å². The van der Waals surface area contributed by atoms with Gasteiger partial charge in [0.05, 0.1) is 26.2 Å². The van der Waals surface area contributed by atoms with E-state index in [0.29, 0.717) is 6.54 Å². The summed E-state index contributed by atoms with van der Waals surface area (Å²) in [6, 6.07) is 0. The number of hydrogen-bond acceptors (Lipinski definition) is 4. The van der Waals surface area contributed by atoms with Gasteiger partial charge in [-0.15, -0.1) is 0 Å². The van der Waals surface area contributed by atoms with Crippen LogP contribution in [0.4, 0.5) is 0 Å². The van der Waals surface area contributed by atoms with Gasteiger partial charge in [-0.1, -0.05) is 83.8 Å². The van der Waals surface area contributed by atoms with Crippen molar-refractivity contribution in [3.8, 4) is 0 Å². The molecule has 0 bridgehead atoms. The van der Waals surface area contributed by atoms with Gasteiger partial charge in [-0.3, -0.25) is 9.59 Å². The Morgan fingerprint density at radius 2 is 1.03 bits per heavy atom. The van der Waals surface area contributed by atoms with Crippen LogP contribution in [0.5, 0.6) is 0 Å². The SMILES string of the molecule is CC/C=C/CCCCCCCCCCCCCC[N+](CC(C)C(=O)[O-])(CC(C)C(=O)O)CC(C)C(=O)O. The number of hydrogen-bond donors (Lipinski definition) is 2. The molecule has 0 amide bonds. The Bertz CT molecular complexity index is 607. The summed E-state index contributed by atoms with van der Waals surface area (Å²) in [5, 5.41) is 30.5. The lowest BCUT2D eigenvalue weighted by Crippen LogP contribution is -2.58. The Hall–Kier alpha value is -1.89. The quantitative estimate of drug-likeness (QED) is 0.0902. The summed E-state index contributed by atoms with van der Waals surface area (Å²) < 4.78 is 0.185. The third kappa shape index (κ3) is 18.1. The first kappa shape index (κ1) is 35.1. The van der Waals surface area contributed by atoms with Crippen molar-refractivity contribution in [2.24, 2.45) is 17.8 Å². The van der Waals surface area contributed by atoms with E-state index in [1.165, 1.54) is 57.8 Å². The summed E-state index contributed by atoms with van der Waals surface area (Å²) in [4.78, 5) is 34.6. The Balaban J connectivity index is 4.48. The molecule has 0 aliphatic carbocycles. The van der Waals surface area contributed by atoms with Crippen molar-refractivity contribution >= 4 is 17.9 Å². The fraction of sp³-hybridized carbons (Fsp3) is 0.833. The molecular weight excluding hydrogens is 470 g/mol. The summed E-state index contributed by atoms with van der Waals surface area (Å²) in [6.07, 6.45) is 21.3. The number of rotatable bonds is 25. The molecule has 0 fully saturated rings. The maximum atomic E-state index is 11.6. The van der Waals surface area contributed by atoms with E-state index in [9.17, 15) is 29.7 Å². The topological polar surface area (TPSA) is 115 Å². The van der Waals surface area contributed by atoms with Crippen LogP contribution >= 0.6 is 0 Å². The van der Waals surface area contributed by atoms with Gasteiger partial charge in [-0.25, -0.2) is 0 Å². The van der Waals surface area contributed by atoms with Crippen LogP contribution in [0.1, 0.15) is 118 Å². The molecule has 0 aromatic carbocycles. The molecule has 0 aromatic rings. The molecule has 7 nitrogen and oxygen atoms in total. The van der Waals surface area contributed by atoms with E-state index in [4.69, 9.17) is 0 Å². The van der Waals surface area contributed by atoms with Gasteiger partial charge in [-0.2, -0.15) is 0 Å². The van der Waals surface area contributed by atoms with Crippen LogP contribution in [-0.2, 0) is 14.4 Å². The monoisotopic (exact) mass is 525 g/mol. The molecule has 3 atom stereocenters. The smallest absolute Gasteiger partial charge is 0.311 e. The van der Waals surface area contributed by atoms with E-state index in [-0.39, 0.29) is 24.1 Å². The van der Waals surface area contributed by atoms with Crippen LogP contribution in [0.3, 0.4) is 0 Å². The molecule has 7 heteroatoms. The molecule has 0 aliphatic heterocycles. The average molecular weight is 526 g/mol. The Labute approximate surface area is 225 Å². The highest BCUT2D eigenvalue weighted by Gasteiger charge is 2.36. The van der Waals surface area contributed by atoms with Gasteiger partial charge >= 0.3 is 11.9 Å². The number of nitrogens with zero attached hydrogens (tertiary/aromatic N) is 1. The van der Waals surface area contributed by atoms with Crippen molar-refractivity contribution in [2.45, 2.75) is 118 Å². The number of quaternary nitrogens is 1. The lowest BCUT2D eigenvalue weighted by Gasteiger charge is -2.43. The first-order valence-electron chi connectivity index (χ1n) is 14.7. The average Bonchev–Trinajstić information content (AvgIpc) is 2.83. The number of carbonyl (C=O) groups excluding carboxylic acids is 1. The minimum Gasteiger partial charge on any atom is -0.550 e. The molecule has 3 unspecified atom stereocenters. The Morgan fingerprint density at radius 3 is 1.41 bits per heavy atom. The van der Waals surface area contributed by atoms with Gasteiger partial charge in [0, 0.05) is 11.9 Å². The van der Waals surface area contributed by atoms with E-state index in [0.717, 1.165) is 32.1 Å². The predicted octanol–water partition coefficient (Wildman–Crippen LogP) is 5.67. The van der Waals surface area contributed by atoms with Gasteiger partial charge < -0.3 is 24.6 Å². The molecule has 0 aliphatic rings. The standard InChI is InChI=1S/C30H55NO6/c1-5-6-7-8-9-10-11-12-13-14-15-16-17-18-19-20-21-31(22-25(2)28(32)33,23-26(3)29(34)35)24-27(4)30(36)37/h6-7,25-27H,5,8-24H2,1-4H3,(H2-,32,33,34,35,36,37)/b7-6+. The number of allylic oxidation sites excluding steroid dienone is 2. The summed E-state index contributed by atoms with van der Waals surface area (Å²) in [5.41, 5.74) is 0. The summed E-state index contributed by atoms with van der Waals surface area (Å²) >= 11 is 0. The second-order valence-electron chi connectivity index (χ2n) is 11.2. The van der Waals surface area contributed by atoms with E-state index >= 15 is 0 Å². The van der Waals surface area contributed by atoms with Gasteiger partial charge in [0.1, 0.15) is 11.8 Å². The van der Waals surface area contributed by atoms with Crippen LogP contribution in [0.2, 0.25) is 0 Å². The van der Waals surface area contributed by atoms with E-state index in [1.54, 1.807) is 20.8 Å². The van der Waals surface area contributed by atoms with Crippen LogP contribution in [0, 0.1) is 17.8 Å². The molecule has 0 saturated carbocycles. The molecule has 0 radical (unpaired) electrons. The zero-order valence-electron chi connectivity index (χ0n) is 24.1. The first-order valence-corrected chi connectivity index (χ1v) is 14.7. The Morgan fingerprint density at radius 1 is 0.649 bits per heavy atom. The second kappa shape index (κ2) is 21.1. The highest BCUT2D eigenvalue weighted by molar-refractivity contribution is 5.70. The van der Waals surface area contributed by atoms with Gasteiger partial charge in [0.2, 0.25) is 0 Å². The van der Waals surface area contributed by atoms with Crippen molar-refractivity contribution in [1.29, 1.82) is 0 Å². The Kier molecular flexibility index (Phi) is 20.0. The summed E-state index contributed by atoms with van der Waals surface area (Å²) in [7, 11) is 0. The van der Waals surface area contributed by atoms with Crippen LogP contribution < -0.4 is 5.11 Å².